The van der Waals surface area contributed by atoms with Gasteiger partial charge in [-0.15, -0.1) is 0 Å². The van der Waals surface area contributed by atoms with E-state index in [1.807, 2.05) is 0 Å². The average Bonchev–Trinajstić information content (AvgIpc) is 3.22. The van der Waals surface area contributed by atoms with Gasteiger partial charge in [-0.2, -0.15) is 0 Å². The first kappa shape index (κ1) is 19.5. The Kier molecular flexibility index (Phi) is 5.15. The van der Waals surface area contributed by atoms with Crippen LogP contribution in [0.5, 0.6) is 5.75 Å². The molecule has 4 rings (SSSR count). The zero-order chi connectivity index (χ0) is 21.1. The fourth-order valence-electron chi connectivity index (χ4n) is 3.11. The number of anilines is 1. The summed E-state index contributed by atoms with van der Waals surface area (Å²) in [6, 6.07) is 6.23. The van der Waals surface area contributed by atoms with Gasteiger partial charge < -0.3 is 26.5 Å². The van der Waals surface area contributed by atoms with Crippen molar-refractivity contribution in [3.63, 3.8) is 0 Å². The van der Waals surface area contributed by atoms with Gasteiger partial charge in [0.15, 0.2) is 5.69 Å². The molecule has 10 nitrogen and oxygen atoms in total. The zero-order valence-electron chi connectivity index (χ0n) is 16.1. The Hall–Kier alpha value is -3.79. The Balaban J connectivity index is 1.32. The Morgan fingerprint density at radius 3 is 2.63 bits per heavy atom. The largest absolute Gasteiger partial charge is 0.505 e. The second-order valence-electron chi connectivity index (χ2n) is 7.21. The van der Waals surface area contributed by atoms with Crippen molar-refractivity contribution in [2.75, 3.05) is 5.32 Å². The quantitative estimate of drug-likeness (QED) is 0.413. The smallest absolute Gasteiger partial charge is 0.279 e. The third-order valence-corrected chi connectivity index (χ3v) is 5.06. The van der Waals surface area contributed by atoms with Crippen LogP contribution in [-0.2, 0) is 12.1 Å². The molecule has 1 saturated carbocycles. The van der Waals surface area contributed by atoms with Gasteiger partial charge in [0.05, 0.1) is 11.7 Å². The lowest BCUT2D eigenvalue weighted by molar-refractivity contribution is 0.0945. The van der Waals surface area contributed by atoms with E-state index in [0.717, 1.165) is 24.8 Å². The monoisotopic (exact) mass is 407 g/mol. The number of carbonyl (C=O) groups is 2. The lowest BCUT2D eigenvalue weighted by Gasteiger charge is -2.35. The second kappa shape index (κ2) is 7.91. The Morgan fingerprint density at radius 2 is 1.97 bits per heavy atom. The van der Waals surface area contributed by atoms with Gasteiger partial charge in [-0.25, -0.2) is 15.0 Å². The van der Waals surface area contributed by atoms with Crippen LogP contribution >= 0.6 is 0 Å². The minimum Gasteiger partial charge on any atom is -0.505 e. The van der Waals surface area contributed by atoms with Gasteiger partial charge in [-0.3, -0.25) is 9.59 Å². The molecule has 0 unspecified atom stereocenters. The predicted molar refractivity (Wildman–Crippen MR) is 108 cm³/mol. The average molecular weight is 407 g/mol. The molecule has 1 aliphatic carbocycles. The molecule has 2 amide bonds. The van der Waals surface area contributed by atoms with E-state index in [9.17, 15) is 14.7 Å². The standard InChI is InChI=1S/C20H21N7O3/c21-20(6-2-7-20)19-25-11-13(26-19)17(29)24-10-12-4-5-15(23-9-12)27-18(30)16-14(28)3-1-8-22-16/h1,3-5,8-9,11,28H,2,6-7,10,21H2,(H,24,29)(H,25,26)(H,23,27,30). The fraction of sp³-hybridized carbons (Fsp3) is 0.250. The van der Waals surface area contributed by atoms with Gasteiger partial charge in [0, 0.05) is 18.9 Å². The number of aromatic amines is 1. The van der Waals surface area contributed by atoms with E-state index in [-0.39, 0.29) is 23.9 Å². The first-order chi connectivity index (χ1) is 14.4. The highest BCUT2D eigenvalue weighted by atomic mass is 16.3. The van der Waals surface area contributed by atoms with Crippen LogP contribution in [0.3, 0.4) is 0 Å². The molecule has 3 aromatic rings. The van der Waals surface area contributed by atoms with Crippen molar-refractivity contribution >= 4 is 17.6 Å². The molecule has 0 atom stereocenters. The number of aromatic hydroxyl groups is 1. The van der Waals surface area contributed by atoms with Crippen molar-refractivity contribution in [2.45, 2.75) is 31.3 Å². The van der Waals surface area contributed by atoms with E-state index in [1.54, 1.807) is 12.1 Å². The summed E-state index contributed by atoms with van der Waals surface area (Å²) < 4.78 is 0. The van der Waals surface area contributed by atoms with Crippen LogP contribution in [0.25, 0.3) is 0 Å². The zero-order valence-corrected chi connectivity index (χ0v) is 16.1. The minimum atomic E-state index is -0.569. The van der Waals surface area contributed by atoms with Crippen molar-refractivity contribution in [1.29, 1.82) is 0 Å². The summed E-state index contributed by atoms with van der Waals surface area (Å²) in [6.07, 6.45) is 7.21. The molecular weight excluding hydrogens is 386 g/mol. The van der Waals surface area contributed by atoms with Gasteiger partial charge in [0.25, 0.3) is 11.8 Å². The topological polar surface area (TPSA) is 159 Å². The van der Waals surface area contributed by atoms with Crippen LogP contribution in [0.15, 0.2) is 42.9 Å². The van der Waals surface area contributed by atoms with Crippen molar-refractivity contribution in [3.8, 4) is 5.75 Å². The fourth-order valence-corrected chi connectivity index (χ4v) is 3.11. The Morgan fingerprint density at radius 1 is 1.13 bits per heavy atom. The number of nitrogens with one attached hydrogen (secondary N) is 3. The first-order valence-corrected chi connectivity index (χ1v) is 9.47. The number of pyridine rings is 2. The number of H-pyrrole nitrogens is 1. The molecular formula is C20H21N7O3. The molecule has 154 valence electrons. The van der Waals surface area contributed by atoms with Crippen molar-refractivity contribution < 1.29 is 14.7 Å². The highest BCUT2D eigenvalue weighted by Crippen LogP contribution is 2.36. The summed E-state index contributed by atoms with van der Waals surface area (Å²) in [5.41, 5.74) is 6.78. The predicted octanol–water partition coefficient (Wildman–Crippen LogP) is 1.43. The molecule has 0 spiro atoms. The SMILES string of the molecule is NC1(c2ncc(C(=O)NCc3ccc(NC(=O)c4ncccc4O)nc3)[nH]2)CCC1. The number of carbonyl (C=O) groups excluding carboxylic acids is 2. The van der Waals surface area contributed by atoms with Gasteiger partial charge >= 0.3 is 0 Å². The number of nitrogens with zero attached hydrogens (tertiary/aromatic N) is 3. The highest BCUT2D eigenvalue weighted by Gasteiger charge is 2.37. The molecule has 0 saturated heterocycles. The number of nitrogens with two attached hydrogens (primary N) is 1. The summed E-state index contributed by atoms with van der Waals surface area (Å²) in [5.74, 6) is -0.138. The number of amides is 2. The van der Waals surface area contributed by atoms with Crippen LogP contribution in [-0.4, -0.2) is 36.9 Å². The maximum atomic E-state index is 12.3. The molecule has 6 N–H and O–H groups in total. The summed E-state index contributed by atoms with van der Waals surface area (Å²) in [6.45, 7) is 0.253. The van der Waals surface area contributed by atoms with Crippen LogP contribution in [0, 0.1) is 0 Å². The van der Waals surface area contributed by atoms with Crippen LogP contribution in [0.4, 0.5) is 5.82 Å². The normalized spacial score (nSPS) is 14.6. The number of hydrogen-bond donors (Lipinski definition) is 5. The van der Waals surface area contributed by atoms with E-state index in [2.05, 4.69) is 30.6 Å². The second-order valence-corrected chi connectivity index (χ2v) is 7.21. The maximum absolute atomic E-state index is 12.3. The molecule has 1 fully saturated rings. The molecule has 3 heterocycles. The van der Waals surface area contributed by atoms with Crippen molar-refractivity contribution in [1.82, 2.24) is 25.3 Å². The Bertz CT molecular complexity index is 1070. The van der Waals surface area contributed by atoms with Crippen molar-refractivity contribution in [3.05, 3.63) is 65.6 Å². The number of rotatable bonds is 6. The first-order valence-electron chi connectivity index (χ1n) is 9.47. The van der Waals surface area contributed by atoms with Gasteiger partial charge in [-0.05, 0) is 43.0 Å². The number of aromatic nitrogens is 4. The van der Waals surface area contributed by atoms with Gasteiger partial charge in [0.1, 0.15) is 23.1 Å². The third kappa shape index (κ3) is 3.98. The van der Waals surface area contributed by atoms with Crippen LogP contribution < -0.4 is 16.4 Å². The summed E-state index contributed by atoms with van der Waals surface area (Å²) in [7, 11) is 0. The highest BCUT2D eigenvalue weighted by molar-refractivity contribution is 6.04. The summed E-state index contributed by atoms with van der Waals surface area (Å²) in [5, 5.41) is 15.0. The lowest BCUT2D eigenvalue weighted by atomic mass is 9.77. The summed E-state index contributed by atoms with van der Waals surface area (Å²) >= 11 is 0. The van der Waals surface area contributed by atoms with E-state index in [4.69, 9.17) is 5.73 Å². The van der Waals surface area contributed by atoms with Gasteiger partial charge in [-0.1, -0.05) is 6.07 Å². The van der Waals surface area contributed by atoms with E-state index in [1.165, 1.54) is 30.7 Å². The molecule has 0 radical (unpaired) electrons. The molecule has 0 bridgehead atoms. The van der Waals surface area contributed by atoms with E-state index in [0.29, 0.717) is 17.3 Å². The maximum Gasteiger partial charge on any atom is 0.279 e. The molecule has 1 aliphatic rings. The molecule has 10 heteroatoms. The minimum absolute atomic E-state index is 0.0873. The molecule has 3 aromatic heterocycles. The van der Waals surface area contributed by atoms with E-state index >= 15 is 0 Å². The van der Waals surface area contributed by atoms with Crippen LogP contribution in [0.1, 0.15) is 51.6 Å². The lowest BCUT2D eigenvalue weighted by Crippen LogP contribution is -2.44. The summed E-state index contributed by atoms with van der Waals surface area (Å²) in [4.78, 5) is 39.7. The Labute approximate surface area is 172 Å². The third-order valence-electron chi connectivity index (χ3n) is 5.06. The number of hydrogen-bond acceptors (Lipinski definition) is 7. The van der Waals surface area contributed by atoms with E-state index < -0.39 is 11.4 Å². The number of imidazole rings is 1. The van der Waals surface area contributed by atoms with Crippen molar-refractivity contribution in [2.24, 2.45) is 5.73 Å². The molecule has 0 aliphatic heterocycles. The molecule has 30 heavy (non-hydrogen) atoms. The molecule has 0 aromatic carbocycles. The van der Waals surface area contributed by atoms with Crippen LogP contribution in [0.2, 0.25) is 0 Å². The van der Waals surface area contributed by atoms with Gasteiger partial charge in [0.2, 0.25) is 0 Å².